The van der Waals surface area contributed by atoms with Gasteiger partial charge in [0, 0.05) is 13.7 Å². The van der Waals surface area contributed by atoms with Crippen LogP contribution in [-0.4, -0.2) is 13.7 Å². The van der Waals surface area contributed by atoms with E-state index in [0.717, 1.165) is 12.2 Å². The van der Waals surface area contributed by atoms with Crippen molar-refractivity contribution < 1.29 is 9.15 Å². The van der Waals surface area contributed by atoms with Gasteiger partial charge >= 0.3 is 0 Å². The maximum Gasteiger partial charge on any atom is 0.120 e. The summed E-state index contributed by atoms with van der Waals surface area (Å²) in [5, 5.41) is 0. The van der Waals surface area contributed by atoms with E-state index in [0.29, 0.717) is 6.61 Å². The molecule has 3 heteroatoms. The van der Waals surface area contributed by atoms with Gasteiger partial charge in [-0.1, -0.05) is 0 Å². The molecule has 0 saturated carbocycles. The molecule has 11 heavy (non-hydrogen) atoms. The number of furan rings is 1. The molecule has 3 nitrogen and oxygen atoms in total. The lowest BCUT2D eigenvalue weighted by atomic mass is 10.2. The van der Waals surface area contributed by atoms with E-state index < -0.39 is 0 Å². The highest BCUT2D eigenvalue weighted by Crippen LogP contribution is 2.13. The Morgan fingerprint density at radius 2 is 2.55 bits per heavy atom. The number of rotatable bonds is 4. The van der Waals surface area contributed by atoms with Crippen molar-refractivity contribution >= 4 is 0 Å². The number of ether oxygens (including phenoxy) is 1. The Labute approximate surface area is 66.1 Å². The SMILES string of the molecule is COCCC(N)c1ccco1. The Bertz CT molecular complexity index is 184. The van der Waals surface area contributed by atoms with Gasteiger partial charge in [-0.05, 0) is 18.6 Å². The summed E-state index contributed by atoms with van der Waals surface area (Å²) in [5.74, 6) is 0.821. The van der Waals surface area contributed by atoms with Crippen molar-refractivity contribution in [2.45, 2.75) is 12.5 Å². The summed E-state index contributed by atoms with van der Waals surface area (Å²) in [7, 11) is 1.66. The summed E-state index contributed by atoms with van der Waals surface area (Å²) < 4.78 is 10.0. The van der Waals surface area contributed by atoms with Gasteiger partial charge in [-0.2, -0.15) is 0 Å². The van der Waals surface area contributed by atoms with Crippen LogP contribution < -0.4 is 5.73 Å². The van der Waals surface area contributed by atoms with Crippen LogP contribution in [0.2, 0.25) is 0 Å². The van der Waals surface area contributed by atoms with Gasteiger partial charge in [0.1, 0.15) is 5.76 Å². The average Bonchev–Trinajstić information content (AvgIpc) is 2.52. The van der Waals surface area contributed by atoms with Crippen molar-refractivity contribution in [1.82, 2.24) is 0 Å². The molecule has 0 fully saturated rings. The predicted molar refractivity (Wildman–Crippen MR) is 42.1 cm³/mol. The highest BCUT2D eigenvalue weighted by atomic mass is 16.5. The molecule has 62 valence electrons. The molecule has 0 saturated heterocycles. The summed E-state index contributed by atoms with van der Waals surface area (Å²) in [6.45, 7) is 0.669. The minimum absolute atomic E-state index is 0.0371. The van der Waals surface area contributed by atoms with Crippen LogP contribution in [0.15, 0.2) is 22.8 Å². The molecule has 0 aliphatic carbocycles. The van der Waals surface area contributed by atoms with Crippen LogP contribution in [0.5, 0.6) is 0 Å². The smallest absolute Gasteiger partial charge is 0.120 e. The van der Waals surface area contributed by atoms with Crippen LogP contribution in [0.1, 0.15) is 18.2 Å². The standard InChI is InChI=1S/C8H13NO2/c1-10-6-4-7(9)8-3-2-5-11-8/h2-3,5,7H,4,6,9H2,1H3. The molecule has 1 rings (SSSR count). The summed E-state index contributed by atoms with van der Waals surface area (Å²) in [5.41, 5.74) is 5.75. The summed E-state index contributed by atoms with van der Waals surface area (Å²) >= 11 is 0. The fourth-order valence-electron chi connectivity index (χ4n) is 0.889. The molecule has 0 bridgehead atoms. The number of methoxy groups -OCH3 is 1. The fourth-order valence-corrected chi connectivity index (χ4v) is 0.889. The fraction of sp³-hybridized carbons (Fsp3) is 0.500. The Hall–Kier alpha value is -0.800. The van der Waals surface area contributed by atoms with Crippen molar-refractivity contribution in [3.8, 4) is 0 Å². The zero-order valence-electron chi connectivity index (χ0n) is 6.62. The maximum absolute atomic E-state index is 5.75. The van der Waals surface area contributed by atoms with E-state index in [9.17, 15) is 0 Å². The van der Waals surface area contributed by atoms with Crippen LogP contribution in [0.25, 0.3) is 0 Å². The van der Waals surface area contributed by atoms with E-state index >= 15 is 0 Å². The van der Waals surface area contributed by atoms with Crippen LogP contribution in [0.3, 0.4) is 0 Å². The number of hydrogen-bond donors (Lipinski definition) is 1. The molecule has 1 atom stereocenters. The second kappa shape index (κ2) is 4.16. The second-order valence-corrected chi connectivity index (χ2v) is 2.40. The van der Waals surface area contributed by atoms with E-state index in [2.05, 4.69) is 0 Å². The third kappa shape index (κ3) is 2.37. The minimum atomic E-state index is -0.0371. The summed E-state index contributed by atoms with van der Waals surface area (Å²) in [4.78, 5) is 0. The molecule has 2 N–H and O–H groups in total. The first-order chi connectivity index (χ1) is 5.34. The van der Waals surface area contributed by atoms with Gasteiger partial charge in [-0.15, -0.1) is 0 Å². The van der Waals surface area contributed by atoms with Crippen LogP contribution in [-0.2, 0) is 4.74 Å². The largest absolute Gasteiger partial charge is 0.468 e. The lowest BCUT2D eigenvalue weighted by Gasteiger charge is -2.06. The molecule has 0 amide bonds. The molecule has 0 radical (unpaired) electrons. The van der Waals surface area contributed by atoms with Crippen molar-refractivity contribution in [1.29, 1.82) is 0 Å². The molecule has 0 aliphatic rings. The first-order valence-electron chi connectivity index (χ1n) is 3.62. The van der Waals surface area contributed by atoms with Crippen molar-refractivity contribution in [2.24, 2.45) is 5.73 Å². The first kappa shape index (κ1) is 8.30. The molecular formula is C8H13NO2. The lowest BCUT2D eigenvalue weighted by molar-refractivity contribution is 0.185. The second-order valence-electron chi connectivity index (χ2n) is 2.40. The molecular weight excluding hydrogens is 142 g/mol. The zero-order chi connectivity index (χ0) is 8.10. The van der Waals surface area contributed by atoms with E-state index in [4.69, 9.17) is 14.9 Å². The van der Waals surface area contributed by atoms with Crippen molar-refractivity contribution in [3.63, 3.8) is 0 Å². The van der Waals surface area contributed by atoms with Gasteiger partial charge in [0.05, 0.1) is 12.3 Å². The maximum atomic E-state index is 5.75. The van der Waals surface area contributed by atoms with Gasteiger partial charge in [-0.25, -0.2) is 0 Å². The van der Waals surface area contributed by atoms with Gasteiger partial charge in [0.15, 0.2) is 0 Å². The zero-order valence-corrected chi connectivity index (χ0v) is 6.62. The topological polar surface area (TPSA) is 48.4 Å². The highest BCUT2D eigenvalue weighted by Gasteiger charge is 2.06. The van der Waals surface area contributed by atoms with Gasteiger partial charge < -0.3 is 14.9 Å². The Morgan fingerprint density at radius 3 is 3.09 bits per heavy atom. The third-order valence-corrected chi connectivity index (χ3v) is 1.54. The van der Waals surface area contributed by atoms with E-state index in [1.807, 2.05) is 12.1 Å². The average molecular weight is 155 g/mol. The van der Waals surface area contributed by atoms with Gasteiger partial charge in [-0.3, -0.25) is 0 Å². The Balaban J connectivity index is 2.36. The third-order valence-electron chi connectivity index (χ3n) is 1.54. The monoisotopic (exact) mass is 155 g/mol. The van der Waals surface area contributed by atoms with Crippen LogP contribution in [0, 0.1) is 0 Å². The van der Waals surface area contributed by atoms with Crippen molar-refractivity contribution in [2.75, 3.05) is 13.7 Å². The molecule has 1 unspecified atom stereocenters. The molecule has 0 aliphatic heterocycles. The minimum Gasteiger partial charge on any atom is -0.468 e. The van der Waals surface area contributed by atoms with E-state index in [1.54, 1.807) is 13.4 Å². The normalized spacial score (nSPS) is 13.3. The molecule has 0 spiro atoms. The van der Waals surface area contributed by atoms with Crippen LogP contribution >= 0.6 is 0 Å². The summed E-state index contributed by atoms with van der Waals surface area (Å²) in [6.07, 6.45) is 2.42. The van der Waals surface area contributed by atoms with Gasteiger partial charge in [0.25, 0.3) is 0 Å². The molecule has 1 aromatic rings. The van der Waals surface area contributed by atoms with Gasteiger partial charge in [0.2, 0.25) is 0 Å². The van der Waals surface area contributed by atoms with Crippen molar-refractivity contribution in [3.05, 3.63) is 24.2 Å². The summed E-state index contributed by atoms with van der Waals surface area (Å²) in [6, 6.07) is 3.67. The predicted octanol–water partition coefficient (Wildman–Crippen LogP) is 1.32. The van der Waals surface area contributed by atoms with E-state index in [-0.39, 0.29) is 6.04 Å². The number of nitrogens with two attached hydrogens (primary N) is 1. The van der Waals surface area contributed by atoms with E-state index in [1.165, 1.54) is 0 Å². The molecule has 1 heterocycles. The molecule has 0 aromatic carbocycles. The Morgan fingerprint density at radius 1 is 1.73 bits per heavy atom. The van der Waals surface area contributed by atoms with Crippen LogP contribution in [0.4, 0.5) is 0 Å². The Kier molecular flexibility index (Phi) is 3.14. The lowest BCUT2D eigenvalue weighted by Crippen LogP contribution is -2.11. The number of hydrogen-bond acceptors (Lipinski definition) is 3. The quantitative estimate of drug-likeness (QED) is 0.713. The molecule has 1 aromatic heterocycles. The highest BCUT2D eigenvalue weighted by molar-refractivity contribution is 5.02. The first-order valence-corrected chi connectivity index (χ1v) is 3.62.